The van der Waals surface area contributed by atoms with Gasteiger partial charge < -0.3 is 15.0 Å². The van der Waals surface area contributed by atoms with E-state index in [-0.39, 0.29) is 36.7 Å². The molecule has 0 saturated carbocycles. The van der Waals surface area contributed by atoms with Crippen LogP contribution in [0.1, 0.15) is 23.2 Å². The van der Waals surface area contributed by atoms with Gasteiger partial charge in [0.1, 0.15) is 11.3 Å². The van der Waals surface area contributed by atoms with Crippen molar-refractivity contribution in [3.05, 3.63) is 48.0 Å². The van der Waals surface area contributed by atoms with Crippen LogP contribution >= 0.6 is 11.3 Å². The molecule has 2 aromatic carbocycles. The molecule has 40 heavy (non-hydrogen) atoms. The molecular formula is C27H31N7O4S2. The Morgan fingerprint density at radius 1 is 1.07 bits per heavy atom. The van der Waals surface area contributed by atoms with Crippen molar-refractivity contribution in [2.45, 2.75) is 17.7 Å². The number of hydrogen-bond donors (Lipinski definition) is 1. The van der Waals surface area contributed by atoms with E-state index in [1.807, 2.05) is 30.3 Å². The number of para-hydroxylation sites is 1. The molecule has 1 saturated heterocycles. The van der Waals surface area contributed by atoms with Crippen molar-refractivity contribution < 1.29 is 17.9 Å². The Balaban J connectivity index is 1.25. The van der Waals surface area contributed by atoms with Gasteiger partial charge in [-0.25, -0.2) is 13.4 Å². The van der Waals surface area contributed by atoms with E-state index in [9.17, 15) is 13.2 Å². The molecule has 1 amide bonds. The molecule has 1 N–H and O–H groups in total. The predicted molar refractivity (Wildman–Crippen MR) is 153 cm³/mol. The highest BCUT2D eigenvalue weighted by Crippen LogP contribution is 2.34. The number of aromatic nitrogens is 1. The van der Waals surface area contributed by atoms with E-state index >= 15 is 0 Å². The zero-order valence-corrected chi connectivity index (χ0v) is 23.9. The number of benzene rings is 2. The van der Waals surface area contributed by atoms with E-state index in [2.05, 4.69) is 15.1 Å². The standard InChI is InChI=1S/C27H31N7O4S2/c1-38-23-5-2-6-24-25(23)31-27(39-24)33-19-17-32(18-20-33)16-13-30-26(35)21-7-9-22(10-8-21)40(36,37)34(14-3-11-28)15-4-12-29/h2,5-10H,3-4,13-20H2,1H3,(H,30,35). The Kier molecular flexibility index (Phi) is 9.90. The average Bonchev–Trinajstić information content (AvgIpc) is 3.42. The molecule has 11 nitrogen and oxygen atoms in total. The van der Waals surface area contributed by atoms with Crippen molar-refractivity contribution in [2.75, 3.05) is 64.4 Å². The van der Waals surface area contributed by atoms with E-state index in [0.717, 1.165) is 51.6 Å². The van der Waals surface area contributed by atoms with Crippen molar-refractivity contribution in [3.63, 3.8) is 0 Å². The van der Waals surface area contributed by atoms with E-state index in [1.54, 1.807) is 18.4 Å². The first kappa shape index (κ1) is 29.2. The molecule has 2 heterocycles. The Hall–Kier alpha value is -3.75. The Morgan fingerprint density at radius 3 is 2.38 bits per heavy atom. The quantitative estimate of drug-likeness (QED) is 0.341. The number of methoxy groups -OCH3 is 1. The third-order valence-corrected chi connectivity index (χ3v) is 9.64. The van der Waals surface area contributed by atoms with Crippen LogP contribution in [0, 0.1) is 22.7 Å². The Bertz CT molecular complexity index is 1480. The lowest BCUT2D eigenvalue weighted by atomic mass is 10.2. The highest BCUT2D eigenvalue weighted by atomic mass is 32.2. The fourth-order valence-electron chi connectivity index (χ4n) is 4.43. The molecule has 0 atom stereocenters. The van der Waals surface area contributed by atoms with Crippen LogP contribution < -0.4 is 15.0 Å². The summed E-state index contributed by atoms with van der Waals surface area (Å²) in [6.45, 7) is 4.56. The fraction of sp³-hybridized carbons (Fsp3) is 0.407. The van der Waals surface area contributed by atoms with Crippen LogP contribution in [-0.4, -0.2) is 88.0 Å². The third-order valence-electron chi connectivity index (χ3n) is 6.65. The number of fused-ring (bicyclic) bond motifs is 1. The van der Waals surface area contributed by atoms with Gasteiger partial charge in [0.2, 0.25) is 10.0 Å². The lowest BCUT2D eigenvalue weighted by Gasteiger charge is -2.34. The molecule has 0 spiro atoms. The molecule has 3 aromatic rings. The summed E-state index contributed by atoms with van der Waals surface area (Å²) in [4.78, 5) is 22.0. The summed E-state index contributed by atoms with van der Waals surface area (Å²) >= 11 is 1.66. The molecule has 1 fully saturated rings. The lowest BCUT2D eigenvalue weighted by Crippen LogP contribution is -2.48. The number of piperazine rings is 1. The second-order valence-corrected chi connectivity index (χ2v) is 12.1. The molecule has 0 radical (unpaired) electrons. The molecule has 1 aromatic heterocycles. The smallest absolute Gasteiger partial charge is 0.251 e. The number of amides is 1. The van der Waals surface area contributed by atoms with Crippen molar-refractivity contribution in [1.29, 1.82) is 10.5 Å². The summed E-state index contributed by atoms with van der Waals surface area (Å²) in [5.41, 5.74) is 1.24. The largest absolute Gasteiger partial charge is 0.494 e. The van der Waals surface area contributed by atoms with Crippen molar-refractivity contribution >= 4 is 42.6 Å². The normalized spacial score (nSPS) is 14.2. The second kappa shape index (κ2) is 13.5. The van der Waals surface area contributed by atoms with Gasteiger partial charge in [0.25, 0.3) is 5.91 Å². The molecular weight excluding hydrogens is 550 g/mol. The maximum atomic E-state index is 12.9. The first-order valence-corrected chi connectivity index (χ1v) is 15.2. The summed E-state index contributed by atoms with van der Waals surface area (Å²) in [5, 5.41) is 21.6. The SMILES string of the molecule is COc1cccc2sc(N3CCN(CCNC(=O)c4ccc(S(=O)(=O)N(CCC#N)CCC#N)cc4)CC3)nc12. The zero-order valence-electron chi connectivity index (χ0n) is 22.2. The fourth-order valence-corrected chi connectivity index (χ4v) is 6.91. The first-order chi connectivity index (χ1) is 19.4. The molecule has 1 aliphatic rings. The predicted octanol–water partition coefficient (Wildman–Crippen LogP) is 2.67. The summed E-state index contributed by atoms with van der Waals surface area (Å²) in [6, 6.07) is 15.5. The van der Waals surface area contributed by atoms with E-state index in [0.29, 0.717) is 18.7 Å². The van der Waals surface area contributed by atoms with Gasteiger partial charge in [-0.1, -0.05) is 17.4 Å². The summed E-state index contributed by atoms with van der Waals surface area (Å²) in [5.74, 6) is 0.496. The highest BCUT2D eigenvalue weighted by molar-refractivity contribution is 7.89. The Morgan fingerprint density at radius 2 is 1.75 bits per heavy atom. The first-order valence-electron chi connectivity index (χ1n) is 12.9. The number of rotatable bonds is 12. The highest BCUT2D eigenvalue weighted by Gasteiger charge is 2.24. The molecule has 4 rings (SSSR count). The van der Waals surface area contributed by atoms with Crippen molar-refractivity contribution in [3.8, 4) is 17.9 Å². The van der Waals surface area contributed by atoms with Gasteiger partial charge in [-0.3, -0.25) is 9.69 Å². The van der Waals surface area contributed by atoms with Crippen LogP contribution in [0.2, 0.25) is 0 Å². The molecule has 0 unspecified atom stereocenters. The third kappa shape index (κ3) is 6.87. The van der Waals surface area contributed by atoms with Crippen LogP contribution in [0.25, 0.3) is 10.2 Å². The number of anilines is 1. The van der Waals surface area contributed by atoms with E-state index in [4.69, 9.17) is 20.2 Å². The number of carbonyl (C=O) groups is 1. The minimum absolute atomic E-state index is 0.00631. The molecule has 210 valence electrons. The van der Waals surface area contributed by atoms with Gasteiger partial charge >= 0.3 is 0 Å². The number of hydrogen-bond acceptors (Lipinski definition) is 10. The average molecular weight is 582 g/mol. The number of ether oxygens (including phenoxy) is 1. The summed E-state index contributed by atoms with van der Waals surface area (Å²) in [7, 11) is -2.23. The minimum atomic E-state index is -3.88. The van der Waals surface area contributed by atoms with Gasteiger partial charge in [0.05, 0.1) is 28.8 Å². The molecule has 0 aliphatic carbocycles. The van der Waals surface area contributed by atoms with E-state index in [1.165, 1.54) is 24.3 Å². The van der Waals surface area contributed by atoms with Gasteiger partial charge in [0, 0.05) is 70.8 Å². The number of nitrogens with one attached hydrogen (secondary N) is 1. The topological polar surface area (TPSA) is 143 Å². The van der Waals surface area contributed by atoms with Crippen LogP contribution in [-0.2, 0) is 10.0 Å². The number of thiazole rings is 1. The maximum Gasteiger partial charge on any atom is 0.251 e. The van der Waals surface area contributed by atoms with Gasteiger partial charge in [-0.15, -0.1) is 0 Å². The van der Waals surface area contributed by atoms with E-state index < -0.39 is 10.0 Å². The minimum Gasteiger partial charge on any atom is -0.494 e. The van der Waals surface area contributed by atoms with Gasteiger partial charge in [0.15, 0.2) is 5.13 Å². The number of sulfonamides is 1. The molecule has 0 bridgehead atoms. The lowest BCUT2D eigenvalue weighted by molar-refractivity contribution is 0.0947. The number of carbonyl (C=O) groups excluding carboxylic acids is 1. The second-order valence-electron chi connectivity index (χ2n) is 9.13. The summed E-state index contributed by atoms with van der Waals surface area (Å²) in [6.07, 6.45) is 0.0504. The zero-order chi connectivity index (χ0) is 28.5. The molecule has 1 aliphatic heterocycles. The van der Waals surface area contributed by atoms with Crippen LogP contribution in [0.5, 0.6) is 5.75 Å². The maximum absolute atomic E-state index is 12.9. The number of nitrogens with zero attached hydrogens (tertiary/aromatic N) is 6. The van der Waals surface area contributed by atoms with Crippen molar-refractivity contribution in [2.24, 2.45) is 0 Å². The van der Waals surface area contributed by atoms with Gasteiger partial charge in [-0.2, -0.15) is 14.8 Å². The monoisotopic (exact) mass is 581 g/mol. The van der Waals surface area contributed by atoms with Crippen LogP contribution in [0.4, 0.5) is 5.13 Å². The van der Waals surface area contributed by atoms with Gasteiger partial charge in [-0.05, 0) is 36.4 Å². The summed E-state index contributed by atoms with van der Waals surface area (Å²) < 4.78 is 33.6. The van der Waals surface area contributed by atoms with Crippen molar-refractivity contribution in [1.82, 2.24) is 19.5 Å². The number of nitriles is 2. The Labute approximate surface area is 238 Å². The van der Waals surface area contributed by atoms with Crippen LogP contribution in [0.15, 0.2) is 47.4 Å². The van der Waals surface area contributed by atoms with Crippen LogP contribution in [0.3, 0.4) is 0 Å². The molecule has 13 heteroatoms.